The maximum absolute atomic E-state index is 10.6. The molecule has 0 spiro atoms. The van der Waals surface area contributed by atoms with Gasteiger partial charge in [-0.1, -0.05) is 6.07 Å². The molecule has 22 heavy (non-hydrogen) atoms. The molecule has 0 saturated heterocycles. The first-order valence-electron chi connectivity index (χ1n) is 6.31. The van der Waals surface area contributed by atoms with Gasteiger partial charge in [0.05, 0.1) is 3.57 Å². The molecular weight excluding hydrogens is 421 g/mol. The smallest absolute Gasteiger partial charge is 0.446 e. The van der Waals surface area contributed by atoms with Crippen LogP contribution in [-0.2, 0) is 16.8 Å². The van der Waals surface area contributed by atoms with Crippen LogP contribution in [0.1, 0.15) is 5.56 Å². The summed E-state index contributed by atoms with van der Waals surface area (Å²) in [5.41, 5.74) is 6.66. The van der Waals surface area contributed by atoms with E-state index < -0.39 is 10.4 Å². The first-order valence-corrected chi connectivity index (χ1v) is 8.75. The third kappa shape index (κ3) is 5.13. The van der Waals surface area contributed by atoms with Crippen molar-refractivity contribution in [2.75, 3.05) is 6.54 Å². The highest BCUT2D eigenvalue weighted by Gasteiger charge is 2.08. The molecule has 6 nitrogen and oxygen atoms in total. The summed E-state index contributed by atoms with van der Waals surface area (Å²) in [6, 6.07) is 11.7. The average molecular weight is 435 g/mol. The molecule has 0 aliphatic rings. The number of nitrogens with two attached hydrogens (primary N) is 1. The summed E-state index contributed by atoms with van der Waals surface area (Å²) in [4.78, 5) is 0. The predicted octanol–water partition coefficient (Wildman–Crippen LogP) is 2.77. The maximum Gasteiger partial charge on any atom is 0.446 e. The summed E-state index contributed by atoms with van der Waals surface area (Å²) in [5, 5.41) is 0. The zero-order chi connectivity index (χ0) is 16.2. The molecule has 0 fully saturated rings. The van der Waals surface area contributed by atoms with E-state index in [0.29, 0.717) is 18.0 Å². The Kier molecular flexibility index (Phi) is 5.62. The van der Waals surface area contributed by atoms with Crippen LogP contribution < -0.4 is 14.7 Å². The Bertz CT molecular complexity index is 746. The summed E-state index contributed by atoms with van der Waals surface area (Å²) >= 11 is 2.17. The van der Waals surface area contributed by atoms with Crippen molar-refractivity contribution in [2.45, 2.75) is 6.42 Å². The van der Waals surface area contributed by atoms with Crippen molar-refractivity contribution in [2.24, 2.45) is 5.73 Å². The van der Waals surface area contributed by atoms with Crippen LogP contribution in [-0.4, -0.2) is 19.5 Å². The van der Waals surface area contributed by atoms with Crippen molar-refractivity contribution in [1.82, 2.24) is 0 Å². The summed E-state index contributed by atoms with van der Waals surface area (Å²) in [6.45, 7) is 0.589. The second-order valence-corrected chi connectivity index (χ2v) is 6.57. The van der Waals surface area contributed by atoms with Crippen LogP contribution in [0.4, 0.5) is 0 Å². The Morgan fingerprint density at radius 3 is 2.27 bits per heavy atom. The molecule has 0 unspecified atom stereocenters. The van der Waals surface area contributed by atoms with E-state index >= 15 is 0 Å². The van der Waals surface area contributed by atoms with Gasteiger partial charge in [0.25, 0.3) is 0 Å². The highest BCUT2D eigenvalue weighted by atomic mass is 127. The molecule has 0 aliphatic carbocycles. The fourth-order valence-electron chi connectivity index (χ4n) is 1.76. The number of hydrogen-bond acceptors (Lipinski definition) is 5. The van der Waals surface area contributed by atoms with E-state index in [2.05, 4.69) is 26.8 Å². The Balaban J connectivity index is 2.11. The maximum atomic E-state index is 10.6. The highest BCUT2D eigenvalue weighted by Crippen LogP contribution is 2.29. The van der Waals surface area contributed by atoms with Gasteiger partial charge in [0.1, 0.15) is 17.2 Å². The second kappa shape index (κ2) is 7.27. The van der Waals surface area contributed by atoms with E-state index in [0.717, 1.165) is 15.6 Å². The van der Waals surface area contributed by atoms with Crippen LogP contribution in [0, 0.1) is 3.57 Å². The van der Waals surface area contributed by atoms with E-state index in [9.17, 15) is 8.42 Å². The van der Waals surface area contributed by atoms with E-state index in [4.69, 9.17) is 15.0 Å². The molecule has 2 rings (SSSR count). The lowest BCUT2D eigenvalue weighted by molar-refractivity contribution is 0.386. The SMILES string of the molecule is NCCc1ccc(Oc2ccc(OS(=O)(=O)O)cc2)c(I)c1. The third-order valence-electron chi connectivity index (χ3n) is 2.68. The van der Waals surface area contributed by atoms with E-state index in [1.807, 2.05) is 18.2 Å². The molecule has 8 heteroatoms. The Morgan fingerprint density at radius 2 is 1.73 bits per heavy atom. The molecule has 0 heterocycles. The third-order valence-corrected chi connectivity index (χ3v) is 3.93. The van der Waals surface area contributed by atoms with Crippen LogP contribution in [0.5, 0.6) is 17.2 Å². The molecule has 2 aromatic rings. The average Bonchev–Trinajstić information content (AvgIpc) is 2.42. The van der Waals surface area contributed by atoms with Crippen LogP contribution >= 0.6 is 22.6 Å². The van der Waals surface area contributed by atoms with Crippen molar-refractivity contribution in [3.05, 3.63) is 51.6 Å². The summed E-state index contributed by atoms with van der Waals surface area (Å²) in [6.07, 6.45) is 0.804. The van der Waals surface area contributed by atoms with E-state index in [1.165, 1.54) is 12.1 Å². The number of benzene rings is 2. The lowest BCUT2D eigenvalue weighted by Gasteiger charge is -2.10. The molecule has 0 radical (unpaired) electrons. The number of rotatable bonds is 6. The van der Waals surface area contributed by atoms with E-state index in [1.54, 1.807) is 12.1 Å². The topological polar surface area (TPSA) is 98.9 Å². The van der Waals surface area contributed by atoms with Crippen molar-refractivity contribution in [3.63, 3.8) is 0 Å². The standard InChI is InChI=1S/C14H14INO5S/c15-13-9-10(7-8-16)1-6-14(13)20-11-2-4-12(5-3-11)21-22(17,18)19/h1-6,9H,7-8,16H2,(H,17,18,19). The van der Waals surface area contributed by atoms with Gasteiger partial charge in [-0.3, -0.25) is 4.55 Å². The molecule has 3 N–H and O–H groups in total. The summed E-state index contributed by atoms with van der Waals surface area (Å²) in [7, 11) is -4.52. The summed E-state index contributed by atoms with van der Waals surface area (Å²) in [5.74, 6) is 1.21. The number of halogens is 1. The monoisotopic (exact) mass is 435 g/mol. The van der Waals surface area contributed by atoms with Gasteiger partial charge in [-0.2, -0.15) is 8.42 Å². The minimum atomic E-state index is -4.52. The van der Waals surface area contributed by atoms with Crippen LogP contribution in [0.15, 0.2) is 42.5 Å². The van der Waals surface area contributed by atoms with Gasteiger partial charge in [0.2, 0.25) is 0 Å². The zero-order valence-electron chi connectivity index (χ0n) is 11.4. The van der Waals surface area contributed by atoms with Crippen molar-refractivity contribution < 1.29 is 21.9 Å². The first-order chi connectivity index (χ1) is 10.4. The Hall–Kier alpha value is -1.36. The summed E-state index contributed by atoms with van der Waals surface area (Å²) < 4.78 is 40.8. The molecule has 0 bridgehead atoms. The molecule has 2 aromatic carbocycles. The van der Waals surface area contributed by atoms with Gasteiger partial charge in [-0.05, 0) is 77.5 Å². The molecule has 0 aromatic heterocycles. The van der Waals surface area contributed by atoms with Crippen molar-refractivity contribution >= 4 is 33.0 Å². The predicted molar refractivity (Wildman–Crippen MR) is 90.6 cm³/mol. The normalized spacial score (nSPS) is 11.2. The molecule has 0 amide bonds. The molecule has 0 aliphatic heterocycles. The van der Waals surface area contributed by atoms with Gasteiger partial charge in [0, 0.05) is 0 Å². The Labute approximate surface area is 142 Å². The highest BCUT2D eigenvalue weighted by molar-refractivity contribution is 14.1. The molecule has 0 atom stereocenters. The van der Waals surface area contributed by atoms with Crippen molar-refractivity contribution in [3.8, 4) is 17.2 Å². The fourth-order valence-corrected chi connectivity index (χ4v) is 2.81. The van der Waals surface area contributed by atoms with Crippen molar-refractivity contribution in [1.29, 1.82) is 0 Å². The van der Waals surface area contributed by atoms with Crippen LogP contribution in [0.25, 0.3) is 0 Å². The van der Waals surface area contributed by atoms with Crippen LogP contribution in [0.2, 0.25) is 0 Å². The molecular formula is C14H14INO5S. The number of hydrogen-bond donors (Lipinski definition) is 2. The minimum Gasteiger partial charge on any atom is -0.456 e. The lowest BCUT2D eigenvalue weighted by atomic mass is 10.1. The van der Waals surface area contributed by atoms with E-state index in [-0.39, 0.29) is 5.75 Å². The van der Waals surface area contributed by atoms with Gasteiger partial charge < -0.3 is 14.7 Å². The molecule has 0 saturated carbocycles. The lowest BCUT2D eigenvalue weighted by Crippen LogP contribution is -2.06. The van der Waals surface area contributed by atoms with Gasteiger partial charge >= 0.3 is 10.4 Å². The largest absolute Gasteiger partial charge is 0.456 e. The zero-order valence-corrected chi connectivity index (χ0v) is 14.4. The minimum absolute atomic E-state index is 0.00263. The van der Waals surface area contributed by atoms with Crippen LogP contribution in [0.3, 0.4) is 0 Å². The van der Waals surface area contributed by atoms with Gasteiger partial charge in [-0.15, -0.1) is 0 Å². The van der Waals surface area contributed by atoms with Gasteiger partial charge in [-0.25, -0.2) is 0 Å². The molecule has 118 valence electrons. The Morgan fingerprint density at radius 1 is 1.09 bits per heavy atom. The second-order valence-electron chi connectivity index (χ2n) is 4.39. The fraction of sp³-hybridized carbons (Fsp3) is 0.143. The quantitative estimate of drug-likeness (QED) is 0.535. The van der Waals surface area contributed by atoms with Gasteiger partial charge in [0.15, 0.2) is 0 Å². The number of ether oxygens (including phenoxy) is 1. The first kappa shape index (κ1) is 17.0.